The summed E-state index contributed by atoms with van der Waals surface area (Å²) in [5.41, 5.74) is 0. The van der Waals surface area contributed by atoms with Crippen LogP contribution in [0.25, 0.3) is 0 Å². The Morgan fingerprint density at radius 2 is 2.00 bits per heavy atom. The Morgan fingerprint density at radius 1 is 1.38 bits per heavy atom. The van der Waals surface area contributed by atoms with Gasteiger partial charge in [0.2, 0.25) is 0 Å². The lowest BCUT2D eigenvalue weighted by atomic mass is 10.1. The Balaban J connectivity index is 3.43. The van der Waals surface area contributed by atoms with Gasteiger partial charge in [0.25, 0.3) is 0 Å². The molecule has 0 spiro atoms. The largest absolute Gasteiger partial charge is 0.269 e. The molecule has 80 valence electrons. The van der Waals surface area contributed by atoms with Crippen LogP contribution in [0.3, 0.4) is 0 Å². The van der Waals surface area contributed by atoms with Gasteiger partial charge in [0, 0.05) is 13.1 Å². The van der Waals surface area contributed by atoms with Gasteiger partial charge in [-0.25, -0.2) is 5.01 Å². The third-order valence-electron chi connectivity index (χ3n) is 2.19. The Kier molecular flexibility index (Phi) is 7.81. The number of nitrogens with zero attached hydrogens (tertiary/aromatic N) is 1. The lowest BCUT2D eigenvalue weighted by Gasteiger charge is -2.22. The summed E-state index contributed by atoms with van der Waals surface area (Å²) in [5, 5.41) is 1.81. The zero-order valence-corrected chi connectivity index (χ0v) is 10.2. The zero-order chi connectivity index (χ0) is 10.3. The lowest BCUT2D eigenvalue weighted by molar-refractivity contribution is 0.235. The molecule has 0 radical (unpaired) electrons. The summed E-state index contributed by atoms with van der Waals surface area (Å²) in [5.74, 6) is 9.00. The van der Waals surface area contributed by atoms with Crippen molar-refractivity contribution in [2.45, 2.75) is 39.7 Å². The van der Waals surface area contributed by atoms with Crippen molar-refractivity contribution in [2.75, 3.05) is 18.6 Å². The summed E-state index contributed by atoms with van der Waals surface area (Å²) in [6.45, 7) is 6.72. The number of hydrazine groups is 1. The monoisotopic (exact) mass is 204 g/mol. The van der Waals surface area contributed by atoms with Crippen molar-refractivity contribution < 1.29 is 0 Å². The van der Waals surface area contributed by atoms with Gasteiger partial charge in [-0.3, -0.25) is 5.84 Å². The molecule has 0 aromatic heterocycles. The number of hydrogen-bond donors (Lipinski definition) is 1. The van der Waals surface area contributed by atoms with Crippen LogP contribution in [0.2, 0.25) is 0 Å². The quantitative estimate of drug-likeness (QED) is 0.392. The Labute approximate surface area is 87.2 Å². The number of rotatable bonds is 7. The average Bonchev–Trinajstić information content (AvgIpc) is 2.04. The van der Waals surface area contributed by atoms with Crippen molar-refractivity contribution in [1.82, 2.24) is 5.01 Å². The van der Waals surface area contributed by atoms with Crippen LogP contribution in [-0.4, -0.2) is 29.6 Å². The third-order valence-corrected chi connectivity index (χ3v) is 3.69. The van der Waals surface area contributed by atoms with E-state index in [0.29, 0.717) is 6.04 Å². The molecule has 2 atom stereocenters. The van der Waals surface area contributed by atoms with E-state index in [1.807, 2.05) is 7.05 Å². The molecule has 3 heteroatoms. The smallest absolute Gasteiger partial charge is 0.0212 e. The van der Waals surface area contributed by atoms with Gasteiger partial charge in [0.1, 0.15) is 0 Å². The standard InChI is InChI=1S/C10H24N2S/c1-5-6-13-8-9(2)7-10(3)12(4)11/h9-10H,5-8,11H2,1-4H3/t9-,10-/m0/s1. The summed E-state index contributed by atoms with van der Waals surface area (Å²) in [4.78, 5) is 0. The van der Waals surface area contributed by atoms with Crippen LogP contribution >= 0.6 is 11.8 Å². The van der Waals surface area contributed by atoms with Crippen LogP contribution in [0, 0.1) is 5.92 Å². The van der Waals surface area contributed by atoms with E-state index in [0.717, 1.165) is 5.92 Å². The molecule has 0 aromatic rings. The van der Waals surface area contributed by atoms with E-state index in [4.69, 9.17) is 5.84 Å². The minimum atomic E-state index is 0.497. The van der Waals surface area contributed by atoms with E-state index in [1.165, 1.54) is 24.3 Å². The summed E-state index contributed by atoms with van der Waals surface area (Å²) >= 11 is 2.06. The van der Waals surface area contributed by atoms with Gasteiger partial charge in [-0.1, -0.05) is 13.8 Å². The van der Waals surface area contributed by atoms with E-state index in [-0.39, 0.29) is 0 Å². The van der Waals surface area contributed by atoms with Crippen LogP contribution in [0.15, 0.2) is 0 Å². The minimum absolute atomic E-state index is 0.497. The molecule has 13 heavy (non-hydrogen) atoms. The first-order valence-electron chi connectivity index (χ1n) is 5.13. The fourth-order valence-corrected chi connectivity index (χ4v) is 2.24. The van der Waals surface area contributed by atoms with Crippen molar-refractivity contribution >= 4 is 11.8 Å². The van der Waals surface area contributed by atoms with Gasteiger partial charge in [-0.2, -0.15) is 11.8 Å². The highest BCUT2D eigenvalue weighted by atomic mass is 32.2. The number of nitrogens with two attached hydrogens (primary N) is 1. The van der Waals surface area contributed by atoms with Crippen molar-refractivity contribution in [2.24, 2.45) is 11.8 Å². The maximum absolute atomic E-state index is 5.67. The molecule has 0 saturated carbocycles. The first-order valence-corrected chi connectivity index (χ1v) is 6.28. The van der Waals surface area contributed by atoms with Gasteiger partial charge < -0.3 is 0 Å². The van der Waals surface area contributed by atoms with E-state index in [2.05, 4.69) is 32.5 Å². The summed E-state index contributed by atoms with van der Waals surface area (Å²) in [6, 6.07) is 0.497. The molecule has 0 aliphatic carbocycles. The fraction of sp³-hybridized carbons (Fsp3) is 1.00. The van der Waals surface area contributed by atoms with Gasteiger partial charge in [-0.15, -0.1) is 0 Å². The molecule has 0 saturated heterocycles. The van der Waals surface area contributed by atoms with Crippen molar-refractivity contribution in [3.8, 4) is 0 Å². The molecular weight excluding hydrogens is 180 g/mol. The summed E-state index contributed by atoms with van der Waals surface area (Å²) in [6.07, 6.45) is 2.48. The average molecular weight is 204 g/mol. The molecule has 0 heterocycles. The molecule has 0 rings (SSSR count). The van der Waals surface area contributed by atoms with Gasteiger partial charge in [0.15, 0.2) is 0 Å². The second kappa shape index (κ2) is 7.65. The Morgan fingerprint density at radius 3 is 2.46 bits per heavy atom. The number of hydrogen-bond acceptors (Lipinski definition) is 3. The van der Waals surface area contributed by atoms with Gasteiger partial charge in [-0.05, 0) is 37.2 Å². The predicted molar refractivity (Wildman–Crippen MR) is 62.8 cm³/mol. The molecule has 0 aliphatic heterocycles. The maximum Gasteiger partial charge on any atom is 0.0212 e. The van der Waals surface area contributed by atoms with Gasteiger partial charge >= 0.3 is 0 Å². The van der Waals surface area contributed by atoms with E-state index < -0.39 is 0 Å². The molecule has 0 unspecified atom stereocenters. The van der Waals surface area contributed by atoms with Crippen LogP contribution in [0.4, 0.5) is 0 Å². The topological polar surface area (TPSA) is 29.3 Å². The highest BCUT2D eigenvalue weighted by Gasteiger charge is 2.10. The molecule has 0 amide bonds. The van der Waals surface area contributed by atoms with Crippen LogP contribution in [0.5, 0.6) is 0 Å². The molecule has 0 bridgehead atoms. The normalized spacial score (nSPS) is 16.2. The van der Waals surface area contributed by atoms with E-state index >= 15 is 0 Å². The van der Waals surface area contributed by atoms with Crippen molar-refractivity contribution in [3.63, 3.8) is 0 Å². The highest BCUT2D eigenvalue weighted by Crippen LogP contribution is 2.15. The molecular formula is C10H24N2S. The van der Waals surface area contributed by atoms with Crippen molar-refractivity contribution in [3.05, 3.63) is 0 Å². The molecule has 2 N–H and O–H groups in total. The van der Waals surface area contributed by atoms with E-state index in [1.54, 1.807) is 5.01 Å². The molecule has 2 nitrogen and oxygen atoms in total. The Hall–Kier alpha value is 0.270. The first kappa shape index (κ1) is 13.3. The van der Waals surface area contributed by atoms with Crippen LogP contribution in [0.1, 0.15) is 33.6 Å². The zero-order valence-electron chi connectivity index (χ0n) is 9.42. The van der Waals surface area contributed by atoms with Crippen LogP contribution < -0.4 is 5.84 Å². The summed E-state index contributed by atoms with van der Waals surface area (Å²) < 4.78 is 0. The summed E-state index contributed by atoms with van der Waals surface area (Å²) in [7, 11) is 1.94. The third kappa shape index (κ3) is 7.35. The SMILES string of the molecule is CCCSC[C@@H](C)C[C@H](C)N(C)N. The Bertz CT molecular complexity index is 117. The number of thioether (sulfide) groups is 1. The molecule has 0 aliphatic rings. The van der Waals surface area contributed by atoms with E-state index in [9.17, 15) is 0 Å². The van der Waals surface area contributed by atoms with Crippen molar-refractivity contribution in [1.29, 1.82) is 0 Å². The second-order valence-corrected chi connectivity index (χ2v) is 5.08. The maximum atomic E-state index is 5.67. The lowest BCUT2D eigenvalue weighted by Crippen LogP contribution is -2.36. The second-order valence-electron chi connectivity index (χ2n) is 3.93. The molecule has 0 aromatic carbocycles. The van der Waals surface area contributed by atoms with Gasteiger partial charge in [0.05, 0.1) is 0 Å². The minimum Gasteiger partial charge on any atom is -0.269 e. The predicted octanol–water partition coefficient (Wildman–Crippen LogP) is 2.35. The first-order chi connectivity index (χ1) is 6.07. The fourth-order valence-electron chi connectivity index (χ4n) is 1.25. The van der Waals surface area contributed by atoms with Crippen LogP contribution in [-0.2, 0) is 0 Å². The highest BCUT2D eigenvalue weighted by molar-refractivity contribution is 7.99. The molecule has 0 fully saturated rings.